The van der Waals surface area contributed by atoms with Gasteiger partial charge in [-0.3, -0.25) is 4.79 Å². The van der Waals surface area contributed by atoms with Crippen molar-refractivity contribution < 1.29 is 9.90 Å². The predicted octanol–water partition coefficient (Wildman–Crippen LogP) is 0.0156. The van der Waals surface area contributed by atoms with Crippen molar-refractivity contribution in [3.05, 3.63) is 0 Å². The van der Waals surface area contributed by atoms with Gasteiger partial charge >= 0.3 is 0 Å². The second kappa shape index (κ2) is 4.75. The van der Waals surface area contributed by atoms with Crippen molar-refractivity contribution in [2.45, 2.75) is 44.7 Å². The molecule has 1 rings (SSSR count). The van der Waals surface area contributed by atoms with Gasteiger partial charge in [0.2, 0.25) is 5.91 Å². The molecule has 82 valence electrons. The van der Waals surface area contributed by atoms with Crippen molar-refractivity contribution >= 4 is 5.91 Å². The van der Waals surface area contributed by atoms with Gasteiger partial charge in [0.25, 0.3) is 0 Å². The minimum atomic E-state index is -0.309. The molecule has 0 radical (unpaired) electrons. The molecule has 1 amide bonds. The maximum atomic E-state index is 11.7. The van der Waals surface area contributed by atoms with Gasteiger partial charge in [-0.2, -0.15) is 0 Å². The molecule has 0 bridgehead atoms. The molecule has 0 spiro atoms. The Morgan fingerprint density at radius 1 is 1.64 bits per heavy atom. The lowest BCUT2D eigenvalue weighted by atomic mass is 10.0. The lowest BCUT2D eigenvalue weighted by molar-refractivity contribution is -0.124. The van der Waals surface area contributed by atoms with E-state index in [1.54, 1.807) is 0 Å². The fraction of sp³-hybridized carbons (Fsp3) is 0.900. The fourth-order valence-electron chi connectivity index (χ4n) is 1.67. The van der Waals surface area contributed by atoms with Crippen molar-refractivity contribution in [1.29, 1.82) is 0 Å². The summed E-state index contributed by atoms with van der Waals surface area (Å²) in [5.41, 5.74) is -0.309. The number of aliphatic hydroxyl groups excluding tert-OH is 1. The van der Waals surface area contributed by atoms with E-state index in [4.69, 9.17) is 5.11 Å². The number of carbonyl (C=O) groups excluding carboxylic acids is 1. The third-order valence-corrected chi connectivity index (χ3v) is 2.58. The number of amides is 1. The van der Waals surface area contributed by atoms with Crippen LogP contribution in [0.5, 0.6) is 0 Å². The number of hydrogen-bond donors (Lipinski definition) is 3. The zero-order valence-electron chi connectivity index (χ0n) is 8.97. The van der Waals surface area contributed by atoms with Crippen LogP contribution in [0.4, 0.5) is 0 Å². The molecule has 4 heteroatoms. The predicted molar refractivity (Wildman–Crippen MR) is 54.9 cm³/mol. The Kier molecular flexibility index (Phi) is 3.89. The van der Waals surface area contributed by atoms with E-state index in [9.17, 15) is 4.79 Å². The summed E-state index contributed by atoms with van der Waals surface area (Å²) in [6.07, 6.45) is 2.57. The van der Waals surface area contributed by atoms with Crippen LogP contribution in [0.3, 0.4) is 0 Å². The Hall–Kier alpha value is -0.610. The fourth-order valence-corrected chi connectivity index (χ4v) is 1.67. The summed E-state index contributed by atoms with van der Waals surface area (Å²) in [7, 11) is 0. The maximum absolute atomic E-state index is 11.7. The highest BCUT2D eigenvalue weighted by Crippen LogP contribution is 2.10. The summed E-state index contributed by atoms with van der Waals surface area (Å²) in [5.74, 6) is 0.0564. The van der Waals surface area contributed by atoms with Gasteiger partial charge in [-0.25, -0.2) is 0 Å². The van der Waals surface area contributed by atoms with Crippen molar-refractivity contribution in [1.82, 2.24) is 10.6 Å². The second-order valence-electron chi connectivity index (χ2n) is 4.50. The summed E-state index contributed by atoms with van der Waals surface area (Å²) >= 11 is 0. The van der Waals surface area contributed by atoms with E-state index in [-0.39, 0.29) is 24.1 Å². The minimum Gasteiger partial charge on any atom is -0.396 e. The molecule has 14 heavy (non-hydrogen) atoms. The highest BCUT2D eigenvalue weighted by Gasteiger charge is 2.27. The van der Waals surface area contributed by atoms with Gasteiger partial charge in [-0.1, -0.05) is 0 Å². The van der Waals surface area contributed by atoms with E-state index in [0.717, 1.165) is 19.4 Å². The van der Waals surface area contributed by atoms with Gasteiger partial charge in [0.15, 0.2) is 0 Å². The molecule has 0 aromatic carbocycles. The molecule has 1 aliphatic rings. The van der Waals surface area contributed by atoms with Crippen LogP contribution in [0.1, 0.15) is 33.1 Å². The summed E-state index contributed by atoms with van der Waals surface area (Å²) in [6, 6.07) is -0.0343. The first-order valence-corrected chi connectivity index (χ1v) is 5.21. The van der Waals surface area contributed by atoms with E-state index < -0.39 is 0 Å². The normalized spacial score (nSPS) is 22.4. The average molecular weight is 200 g/mol. The van der Waals surface area contributed by atoms with Gasteiger partial charge in [-0.15, -0.1) is 0 Å². The van der Waals surface area contributed by atoms with Gasteiger partial charge < -0.3 is 15.7 Å². The second-order valence-corrected chi connectivity index (χ2v) is 4.50. The van der Waals surface area contributed by atoms with E-state index in [2.05, 4.69) is 10.6 Å². The van der Waals surface area contributed by atoms with E-state index >= 15 is 0 Å². The van der Waals surface area contributed by atoms with Crippen molar-refractivity contribution in [2.75, 3.05) is 13.2 Å². The number of rotatable bonds is 4. The molecule has 0 unspecified atom stereocenters. The Bertz CT molecular complexity index is 198. The minimum absolute atomic E-state index is 0.0343. The topological polar surface area (TPSA) is 61.4 Å². The molecule has 1 aliphatic heterocycles. The Labute approximate surface area is 85.1 Å². The summed E-state index contributed by atoms with van der Waals surface area (Å²) in [5, 5.41) is 14.9. The molecule has 4 nitrogen and oxygen atoms in total. The average Bonchev–Trinajstić information content (AvgIpc) is 2.53. The SMILES string of the molecule is CC(C)(CCO)NC(=O)[C@@H]1CCCN1. The lowest BCUT2D eigenvalue weighted by Crippen LogP contribution is -2.50. The molecule has 1 fully saturated rings. The number of carbonyl (C=O) groups is 1. The Morgan fingerprint density at radius 2 is 2.36 bits per heavy atom. The van der Waals surface area contributed by atoms with Crippen LogP contribution in [0.2, 0.25) is 0 Å². The molecule has 0 aromatic rings. The first-order valence-electron chi connectivity index (χ1n) is 5.21. The van der Waals surface area contributed by atoms with Crippen LogP contribution in [0, 0.1) is 0 Å². The molecule has 0 saturated carbocycles. The first kappa shape index (κ1) is 11.5. The van der Waals surface area contributed by atoms with Gasteiger partial charge in [0.1, 0.15) is 0 Å². The van der Waals surface area contributed by atoms with E-state index in [1.807, 2.05) is 13.8 Å². The van der Waals surface area contributed by atoms with E-state index in [0.29, 0.717) is 6.42 Å². The van der Waals surface area contributed by atoms with Crippen LogP contribution in [0.25, 0.3) is 0 Å². The standard InChI is InChI=1S/C10H20N2O2/c1-10(2,5-7-13)12-9(14)8-4-3-6-11-8/h8,11,13H,3-7H2,1-2H3,(H,12,14)/t8-/m0/s1. The molecule has 0 aliphatic carbocycles. The van der Waals surface area contributed by atoms with E-state index in [1.165, 1.54) is 0 Å². The van der Waals surface area contributed by atoms with Gasteiger partial charge in [0, 0.05) is 12.1 Å². The van der Waals surface area contributed by atoms with Crippen molar-refractivity contribution in [3.63, 3.8) is 0 Å². The summed E-state index contributed by atoms with van der Waals surface area (Å²) in [4.78, 5) is 11.7. The van der Waals surface area contributed by atoms with Crippen LogP contribution in [-0.2, 0) is 4.79 Å². The highest BCUT2D eigenvalue weighted by molar-refractivity contribution is 5.82. The lowest BCUT2D eigenvalue weighted by Gasteiger charge is -2.27. The largest absolute Gasteiger partial charge is 0.396 e. The van der Waals surface area contributed by atoms with Crippen LogP contribution in [-0.4, -0.2) is 35.7 Å². The Morgan fingerprint density at radius 3 is 2.86 bits per heavy atom. The molecule has 1 atom stereocenters. The maximum Gasteiger partial charge on any atom is 0.237 e. The third-order valence-electron chi connectivity index (χ3n) is 2.58. The molecule has 0 aromatic heterocycles. The van der Waals surface area contributed by atoms with Crippen LogP contribution in [0.15, 0.2) is 0 Å². The number of nitrogens with one attached hydrogen (secondary N) is 2. The molecule has 1 heterocycles. The van der Waals surface area contributed by atoms with Crippen molar-refractivity contribution in [3.8, 4) is 0 Å². The quantitative estimate of drug-likeness (QED) is 0.599. The molecular weight excluding hydrogens is 180 g/mol. The zero-order valence-corrected chi connectivity index (χ0v) is 8.97. The zero-order chi connectivity index (χ0) is 10.6. The van der Waals surface area contributed by atoms with Gasteiger partial charge in [-0.05, 0) is 39.7 Å². The summed E-state index contributed by atoms with van der Waals surface area (Å²) < 4.78 is 0. The van der Waals surface area contributed by atoms with Crippen molar-refractivity contribution in [2.24, 2.45) is 0 Å². The monoisotopic (exact) mass is 200 g/mol. The Balaban J connectivity index is 2.38. The smallest absolute Gasteiger partial charge is 0.237 e. The summed E-state index contributed by atoms with van der Waals surface area (Å²) in [6.45, 7) is 4.88. The van der Waals surface area contributed by atoms with Crippen LogP contribution >= 0.6 is 0 Å². The number of hydrogen-bond acceptors (Lipinski definition) is 3. The highest BCUT2D eigenvalue weighted by atomic mass is 16.3. The molecule has 1 saturated heterocycles. The van der Waals surface area contributed by atoms with Gasteiger partial charge in [0.05, 0.1) is 6.04 Å². The first-order chi connectivity index (χ1) is 6.55. The number of aliphatic hydroxyl groups is 1. The molecular formula is C10H20N2O2. The molecule has 3 N–H and O–H groups in total. The third kappa shape index (κ3) is 3.27. The van der Waals surface area contributed by atoms with Crippen LogP contribution < -0.4 is 10.6 Å².